The number of hydrogen-bond donors (Lipinski definition) is 0. The molecule has 0 amide bonds. The zero-order valence-electron chi connectivity index (χ0n) is 24.4. The van der Waals surface area contributed by atoms with E-state index in [1.165, 1.54) is 83.8 Å². The SMILES string of the molecule is CC(C)(Cc1ccc(C2=Cc3ccnc(-c4cc(C5CCCCC5)c5ccccc5c4)c3[Si]2(C)C)cc1)C(F)(F)F. The summed E-state index contributed by atoms with van der Waals surface area (Å²) in [6.45, 7) is 7.29. The number of nitrogens with zero attached hydrogens (tertiary/aromatic N) is 1. The first-order valence-electron chi connectivity index (χ1n) is 14.9. The van der Waals surface area contributed by atoms with E-state index in [1.807, 2.05) is 30.5 Å². The van der Waals surface area contributed by atoms with Crippen LogP contribution in [0.3, 0.4) is 0 Å². The summed E-state index contributed by atoms with van der Waals surface area (Å²) in [5.41, 5.74) is 5.00. The van der Waals surface area contributed by atoms with Gasteiger partial charge in [-0.05, 0) is 86.8 Å². The quantitative estimate of drug-likeness (QED) is 0.218. The Morgan fingerprint density at radius 1 is 0.854 bits per heavy atom. The first kappa shape index (κ1) is 28.0. The highest BCUT2D eigenvalue weighted by Crippen LogP contribution is 2.42. The molecule has 0 atom stereocenters. The first-order valence-corrected chi connectivity index (χ1v) is 17.9. The summed E-state index contributed by atoms with van der Waals surface area (Å²) >= 11 is 0. The van der Waals surface area contributed by atoms with E-state index in [0.717, 1.165) is 11.3 Å². The third-order valence-electron chi connectivity index (χ3n) is 9.47. The lowest BCUT2D eigenvalue weighted by molar-refractivity contribution is -0.211. The Labute approximate surface area is 242 Å². The van der Waals surface area contributed by atoms with Crippen LogP contribution >= 0.6 is 0 Å². The molecule has 2 heterocycles. The van der Waals surface area contributed by atoms with Crippen LogP contribution in [-0.2, 0) is 6.42 Å². The third kappa shape index (κ3) is 5.07. The van der Waals surface area contributed by atoms with E-state index in [9.17, 15) is 13.2 Å². The molecular formula is C36H38F3NSi. The largest absolute Gasteiger partial charge is 0.394 e. The van der Waals surface area contributed by atoms with Crippen molar-refractivity contribution in [3.05, 3.63) is 95.2 Å². The fourth-order valence-electron chi connectivity index (χ4n) is 7.03. The standard InChI is InChI=1S/C36H38F3NSi/c1-35(2,36(37,38)39)23-24-14-16-26(17-15-24)32-22-28-18-19-40-33(34(28)41(32,3)4)29-20-27-12-8-9-13-30(27)31(21-29)25-10-6-5-7-11-25/h8-9,12-22,25H,5-7,10-11,23H2,1-4H3. The molecule has 1 aromatic heterocycles. The van der Waals surface area contributed by atoms with Crippen molar-refractivity contribution < 1.29 is 13.2 Å². The minimum atomic E-state index is -4.24. The molecule has 1 nitrogen and oxygen atoms in total. The monoisotopic (exact) mass is 569 g/mol. The van der Waals surface area contributed by atoms with E-state index in [-0.39, 0.29) is 6.42 Å². The van der Waals surface area contributed by atoms with Gasteiger partial charge in [0.15, 0.2) is 0 Å². The average Bonchev–Trinajstić information content (AvgIpc) is 3.23. The number of halogens is 3. The van der Waals surface area contributed by atoms with Gasteiger partial charge in [0.2, 0.25) is 0 Å². The maximum Gasteiger partial charge on any atom is 0.394 e. The molecular weight excluding hydrogens is 531 g/mol. The van der Waals surface area contributed by atoms with Gasteiger partial charge in [-0.3, -0.25) is 4.98 Å². The highest BCUT2D eigenvalue weighted by atomic mass is 28.3. The van der Waals surface area contributed by atoms with Crippen molar-refractivity contribution in [1.29, 1.82) is 0 Å². The molecule has 212 valence electrons. The highest BCUT2D eigenvalue weighted by molar-refractivity contribution is 7.07. The second kappa shape index (κ2) is 10.3. The lowest BCUT2D eigenvalue weighted by Crippen LogP contribution is -2.42. The van der Waals surface area contributed by atoms with Crippen LogP contribution < -0.4 is 5.19 Å². The van der Waals surface area contributed by atoms with Gasteiger partial charge in [0, 0.05) is 11.8 Å². The van der Waals surface area contributed by atoms with Crippen LogP contribution in [0.4, 0.5) is 13.2 Å². The molecule has 41 heavy (non-hydrogen) atoms. The van der Waals surface area contributed by atoms with Gasteiger partial charge in [-0.2, -0.15) is 13.2 Å². The van der Waals surface area contributed by atoms with Crippen molar-refractivity contribution in [1.82, 2.24) is 4.98 Å². The number of pyridine rings is 1. The molecule has 2 aliphatic rings. The van der Waals surface area contributed by atoms with Gasteiger partial charge >= 0.3 is 6.18 Å². The predicted molar refractivity (Wildman–Crippen MR) is 168 cm³/mol. The lowest BCUT2D eigenvalue weighted by atomic mass is 9.81. The van der Waals surface area contributed by atoms with Crippen LogP contribution in [0.5, 0.6) is 0 Å². The Kier molecular flexibility index (Phi) is 7.00. The molecule has 4 aromatic rings. The molecule has 1 saturated carbocycles. The summed E-state index contributed by atoms with van der Waals surface area (Å²) in [5, 5.41) is 5.28. The molecule has 0 unspecified atom stereocenters. The molecule has 6 rings (SSSR count). The number of hydrogen-bond acceptors (Lipinski definition) is 1. The van der Waals surface area contributed by atoms with Crippen LogP contribution in [0.25, 0.3) is 33.3 Å². The predicted octanol–water partition coefficient (Wildman–Crippen LogP) is 10.1. The zero-order chi connectivity index (χ0) is 29.0. The Hall–Kier alpha value is -3.18. The molecule has 0 N–H and O–H groups in total. The van der Waals surface area contributed by atoms with E-state index in [0.29, 0.717) is 11.5 Å². The second-order valence-electron chi connectivity index (χ2n) is 13.2. The highest BCUT2D eigenvalue weighted by Gasteiger charge is 2.47. The van der Waals surface area contributed by atoms with Crippen molar-refractivity contribution in [2.24, 2.45) is 5.41 Å². The van der Waals surface area contributed by atoms with Gasteiger partial charge in [-0.15, -0.1) is 0 Å². The number of aromatic nitrogens is 1. The van der Waals surface area contributed by atoms with E-state index < -0.39 is 19.7 Å². The molecule has 0 radical (unpaired) electrons. The van der Waals surface area contributed by atoms with Gasteiger partial charge in [0.05, 0.1) is 11.1 Å². The maximum absolute atomic E-state index is 13.5. The molecule has 5 heteroatoms. The topological polar surface area (TPSA) is 12.9 Å². The van der Waals surface area contributed by atoms with Crippen LogP contribution in [0.2, 0.25) is 13.1 Å². The average molecular weight is 570 g/mol. The second-order valence-corrected chi connectivity index (χ2v) is 17.5. The van der Waals surface area contributed by atoms with Crippen LogP contribution in [0.1, 0.15) is 74.1 Å². The fourth-order valence-corrected chi connectivity index (χ4v) is 10.4. The third-order valence-corrected chi connectivity index (χ3v) is 13.0. The number of benzene rings is 3. The van der Waals surface area contributed by atoms with Crippen LogP contribution in [0, 0.1) is 5.41 Å². The summed E-state index contributed by atoms with van der Waals surface area (Å²) in [5.74, 6) is 0.588. The van der Waals surface area contributed by atoms with Gasteiger partial charge in [-0.1, -0.05) is 101 Å². The molecule has 0 spiro atoms. The number of alkyl halides is 3. The first-order chi connectivity index (χ1) is 19.5. The van der Waals surface area contributed by atoms with Crippen molar-refractivity contribution in [2.45, 2.75) is 77.6 Å². The van der Waals surface area contributed by atoms with Crippen molar-refractivity contribution >= 4 is 35.3 Å². The molecule has 1 aliphatic heterocycles. The summed E-state index contributed by atoms with van der Waals surface area (Å²) in [6, 6.07) is 23.4. The van der Waals surface area contributed by atoms with Crippen molar-refractivity contribution in [3.63, 3.8) is 0 Å². The van der Waals surface area contributed by atoms with E-state index >= 15 is 0 Å². The summed E-state index contributed by atoms with van der Waals surface area (Å²) < 4.78 is 40.4. The summed E-state index contributed by atoms with van der Waals surface area (Å²) in [7, 11) is -2.16. The summed E-state index contributed by atoms with van der Waals surface area (Å²) in [6.07, 6.45) is 6.36. The zero-order valence-corrected chi connectivity index (χ0v) is 25.4. The van der Waals surface area contributed by atoms with E-state index in [1.54, 1.807) is 0 Å². The van der Waals surface area contributed by atoms with Gasteiger partial charge in [0.1, 0.15) is 8.07 Å². The lowest BCUT2D eigenvalue weighted by Gasteiger charge is -2.28. The van der Waals surface area contributed by atoms with Crippen LogP contribution in [0.15, 0.2) is 72.9 Å². The maximum atomic E-state index is 13.5. The normalized spacial score (nSPS) is 17.5. The Morgan fingerprint density at radius 3 is 2.27 bits per heavy atom. The smallest absolute Gasteiger partial charge is 0.256 e. The molecule has 1 fully saturated rings. The van der Waals surface area contributed by atoms with E-state index in [4.69, 9.17) is 4.98 Å². The van der Waals surface area contributed by atoms with E-state index in [2.05, 4.69) is 61.6 Å². The van der Waals surface area contributed by atoms with Crippen LogP contribution in [-0.4, -0.2) is 19.2 Å². The minimum Gasteiger partial charge on any atom is -0.256 e. The fraction of sp³-hybridized carbons (Fsp3) is 0.361. The minimum absolute atomic E-state index is 0.0315. The Morgan fingerprint density at radius 2 is 1.56 bits per heavy atom. The van der Waals surface area contributed by atoms with Gasteiger partial charge < -0.3 is 0 Å². The molecule has 3 aromatic carbocycles. The van der Waals surface area contributed by atoms with Gasteiger partial charge in [-0.25, -0.2) is 0 Å². The number of fused-ring (bicyclic) bond motifs is 2. The molecule has 1 aliphatic carbocycles. The molecule has 0 saturated heterocycles. The number of rotatable bonds is 5. The van der Waals surface area contributed by atoms with Gasteiger partial charge in [0.25, 0.3) is 0 Å². The molecule has 0 bridgehead atoms. The van der Waals surface area contributed by atoms with Crippen molar-refractivity contribution in [2.75, 3.05) is 0 Å². The Balaban J connectivity index is 1.38. The van der Waals surface area contributed by atoms with Crippen molar-refractivity contribution in [3.8, 4) is 11.3 Å². The summed E-state index contributed by atoms with van der Waals surface area (Å²) in [4.78, 5) is 5.01. The Bertz CT molecular complexity index is 1620.